The summed E-state index contributed by atoms with van der Waals surface area (Å²) in [6.45, 7) is 14.9. The highest BCUT2D eigenvalue weighted by atomic mass is 16.7. The van der Waals surface area contributed by atoms with Gasteiger partial charge in [0.05, 0.1) is 16.9 Å². The second-order valence-electron chi connectivity index (χ2n) is 15.3. The third kappa shape index (κ3) is 7.46. The maximum atomic E-state index is 6.63. The van der Waals surface area contributed by atoms with Gasteiger partial charge in [0, 0.05) is 28.6 Å². The van der Waals surface area contributed by atoms with Crippen molar-refractivity contribution in [2.24, 2.45) is 4.99 Å². The number of nitrogens with zero attached hydrogens (tertiary/aromatic N) is 4. The first-order chi connectivity index (χ1) is 26.5. The molecule has 1 aliphatic heterocycles. The van der Waals surface area contributed by atoms with Crippen LogP contribution in [-0.2, 0) is 9.31 Å². The molecule has 2 aromatic heterocycles. The molecule has 7 heteroatoms. The van der Waals surface area contributed by atoms with Gasteiger partial charge in [0.15, 0.2) is 11.5 Å². The number of pyridine rings is 1. The molecule has 1 saturated heterocycles. The molecule has 0 amide bonds. The van der Waals surface area contributed by atoms with Crippen LogP contribution in [0.1, 0.15) is 69.7 Å². The van der Waals surface area contributed by atoms with Crippen molar-refractivity contribution in [3.63, 3.8) is 0 Å². The zero-order chi connectivity index (χ0) is 38.2. The summed E-state index contributed by atoms with van der Waals surface area (Å²) in [5.41, 5.74) is 11.5. The summed E-state index contributed by atoms with van der Waals surface area (Å²) in [4.78, 5) is 10.5. The van der Waals surface area contributed by atoms with Gasteiger partial charge in [0.1, 0.15) is 0 Å². The minimum atomic E-state index is -0.607. The molecule has 3 heterocycles. The van der Waals surface area contributed by atoms with Crippen LogP contribution in [0.3, 0.4) is 0 Å². The number of hydrogen-bond donors (Lipinski definition) is 0. The number of fused-ring (bicyclic) bond motifs is 1. The van der Waals surface area contributed by atoms with E-state index in [4.69, 9.17) is 24.4 Å². The van der Waals surface area contributed by atoms with Crippen LogP contribution in [0.5, 0.6) is 0 Å². The fraction of sp³-hybridized carbons (Fsp3) is 0.188. The van der Waals surface area contributed by atoms with E-state index in [9.17, 15) is 0 Å². The molecule has 0 saturated carbocycles. The molecule has 8 rings (SSSR count). The van der Waals surface area contributed by atoms with Gasteiger partial charge in [-0.25, -0.2) is 9.50 Å². The van der Waals surface area contributed by atoms with Crippen molar-refractivity contribution in [1.29, 1.82) is 0 Å². The Morgan fingerprint density at radius 2 is 1.47 bits per heavy atom. The highest BCUT2D eigenvalue weighted by Crippen LogP contribution is 2.37. The van der Waals surface area contributed by atoms with Gasteiger partial charge in [0.2, 0.25) is 0 Å². The van der Waals surface area contributed by atoms with E-state index in [0.717, 1.165) is 74.3 Å². The minimum Gasteiger partial charge on any atom is -0.399 e. The molecule has 6 aromatic rings. The molecule has 4 aromatic carbocycles. The third-order valence-electron chi connectivity index (χ3n) is 10.9. The summed E-state index contributed by atoms with van der Waals surface area (Å²) < 4.78 is 15.1. The van der Waals surface area contributed by atoms with Crippen molar-refractivity contribution < 1.29 is 9.31 Å². The second kappa shape index (κ2) is 14.7. The molecule has 0 atom stereocenters. The van der Waals surface area contributed by atoms with Gasteiger partial charge >= 0.3 is 7.12 Å². The van der Waals surface area contributed by atoms with E-state index in [2.05, 4.69) is 144 Å². The fourth-order valence-corrected chi connectivity index (χ4v) is 7.01. The topological polar surface area (TPSA) is 61.0 Å². The van der Waals surface area contributed by atoms with Crippen LogP contribution in [0.4, 0.5) is 0 Å². The third-order valence-corrected chi connectivity index (χ3v) is 10.9. The highest BCUT2D eigenvalue weighted by Gasteiger charge is 2.51. The largest absolute Gasteiger partial charge is 0.494 e. The normalized spacial score (nSPS) is 16.7. The Kier molecular flexibility index (Phi) is 9.68. The lowest BCUT2D eigenvalue weighted by atomic mass is 9.77. The highest BCUT2D eigenvalue weighted by molar-refractivity contribution is 6.62. The van der Waals surface area contributed by atoms with Crippen molar-refractivity contribution in [2.45, 2.75) is 58.7 Å². The maximum absolute atomic E-state index is 6.63. The predicted octanol–water partition coefficient (Wildman–Crippen LogP) is 10.7. The summed E-state index contributed by atoms with van der Waals surface area (Å²) in [7, 11) is -0.607. The number of aromatic nitrogens is 3. The van der Waals surface area contributed by atoms with Gasteiger partial charge in [-0.3, -0.25) is 4.99 Å². The van der Waals surface area contributed by atoms with Crippen LogP contribution in [0.25, 0.3) is 45.0 Å². The summed E-state index contributed by atoms with van der Waals surface area (Å²) in [5, 5.41) is 5.02. The van der Waals surface area contributed by atoms with E-state index in [1.165, 1.54) is 11.1 Å². The molecule has 0 radical (unpaired) electrons. The summed E-state index contributed by atoms with van der Waals surface area (Å²) in [6.07, 6.45) is 12.5. The lowest BCUT2D eigenvalue weighted by Crippen LogP contribution is -2.41. The van der Waals surface area contributed by atoms with E-state index in [1.54, 1.807) is 0 Å². The quantitative estimate of drug-likeness (QED) is 0.0848. The van der Waals surface area contributed by atoms with Crippen molar-refractivity contribution in [3.8, 4) is 22.5 Å². The van der Waals surface area contributed by atoms with Gasteiger partial charge in [-0.2, -0.15) is 0 Å². The molecule has 6 nitrogen and oxygen atoms in total. The van der Waals surface area contributed by atoms with E-state index >= 15 is 0 Å². The Labute approximate surface area is 324 Å². The lowest BCUT2D eigenvalue weighted by molar-refractivity contribution is 0.00578. The Hall–Kier alpha value is -5.89. The van der Waals surface area contributed by atoms with Crippen molar-refractivity contribution >= 4 is 40.8 Å². The number of benzene rings is 4. The van der Waals surface area contributed by atoms with Crippen molar-refractivity contribution in [3.05, 3.63) is 175 Å². The van der Waals surface area contributed by atoms with Gasteiger partial charge < -0.3 is 9.31 Å². The van der Waals surface area contributed by atoms with Gasteiger partial charge in [-0.1, -0.05) is 122 Å². The van der Waals surface area contributed by atoms with Crippen LogP contribution in [0, 0.1) is 0 Å². The van der Waals surface area contributed by atoms with Crippen molar-refractivity contribution in [1.82, 2.24) is 14.6 Å². The Morgan fingerprint density at radius 3 is 2.16 bits per heavy atom. The summed E-state index contributed by atoms with van der Waals surface area (Å²) in [5.74, 6) is 0.609. The van der Waals surface area contributed by atoms with Crippen LogP contribution in [0.2, 0.25) is 0 Å². The summed E-state index contributed by atoms with van der Waals surface area (Å²) in [6, 6.07) is 39.6. The average Bonchev–Trinajstić information content (AvgIpc) is 3.75. The van der Waals surface area contributed by atoms with Crippen LogP contribution in [-0.4, -0.2) is 38.6 Å². The molecule has 1 fully saturated rings. The summed E-state index contributed by atoms with van der Waals surface area (Å²) >= 11 is 0. The van der Waals surface area contributed by atoms with E-state index in [0.29, 0.717) is 5.82 Å². The average molecular weight is 721 g/mol. The molecule has 2 aliphatic rings. The number of aliphatic imine (C=N–C) groups is 1. The molecule has 55 heavy (non-hydrogen) atoms. The predicted molar refractivity (Wildman–Crippen MR) is 228 cm³/mol. The van der Waals surface area contributed by atoms with Gasteiger partial charge in [-0.05, 0) is 111 Å². The molecular weight excluding hydrogens is 675 g/mol. The SMILES string of the molecule is C=C(/C=C(\N=C(C)c1ccccc1)c1cc(B2OC(C)(C)C(C)(C)O2)cc(-c2nc3c(C4=CC=CCC4)cccn3n2)c1)c1ccc(-c2ccccc2)cc1. The Bertz CT molecular complexity index is 2490. The molecule has 0 unspecified atom stereocenters. The molecule has 272 valence electrons. The molecule has 1 aliphatic carbocycles. The molecule has 0 spiro atoms. The van der Waals surface area contributed by atoms with Gasteiger partial charge in [-0.15, -0.1) is 5.10 Å². The Balaban J connectivity index is 1.27. The second-order valence-corrected chi connectivity index (χ2v) is 15.3. The van der Waals surface area contributed by atoms with E-state index in [1.807, 2.05) is 48.0 Å². The first-order valence-electron chi connectivity index (χ1n) is 18.9. The zero-order valence-corrected chi connectivity index (χ0v) is 32.2. The Morgan fingerprint density at radius 1 is 0.782 bits per heavy atom. The number of allylic oxidation sites excluding steroid dienone is 6. The zero-order valence-electron chi connectivity index (χ0n) is 32.2. The lowest BCUT2D eigenvalue weighted by Gasteiger charge is -2.32. The first-order valence-corrected chi connectivity index (χ1v) is 18.9. The number of hydrogen-bond acceptors (Lipinski definition) is 5. The van der Waals surface area contributed by atoms with Crippen LogP contribution in [0.15, 0.2) is 157 Å². The fourth-order valence-electron chi connectivity index (χ4n) is 7.01. The molecule has 0 N–H and O–H groups in total. The van der Waals surface area contributed by atoms with Gasteiger partial charge in [0.25, 0.3) is 0 Å². The smallest absolute Gasteiger partial charge is 0.399 e. The van der Waals surface area contributed by atoms with Crippen molar-refractivity contribution in [2.75, 3.05) is 0 Å². The minimum absolute atomic E-state index is 0.521. The van der Waals surface area contributed by atoms with E-state index < -0.39 is 18.3 Å². The standard InChI is InChI=1S/C48H45BN4O2/c1-33(35-24-26-38(27-25-35)37-19-12-8-13-20-37)29-44(50-34(2)36-17-10-7-11-18-36)40-30-41(32-42(31-40)49-54-47(3,4)48(5,6)55-49)45-51-46-43(23-16-28-53(46)52-45)39-21-14-9-15-22-39/h7-14,16-21,23-32H,1,15,22H2,2-6H3/b44-29-,50-34?. The van der Waals surface area contributed by atoms with Crippen LogP contribution >= 0.6 is 0 Å². The van der Waals surface area contributed by atoms with E-state index in [-0.39, 0.29) is 0 Å². The molecular formula is C48H45BN4O2. The first kappa shape index (κ1) is 36.1. The number of rotatable bonds is 9. The molecule has 0 bridgehead atoms. The van der Waals surface area contributed by atoms with Crippen LogP contribution < -0.4 is 5.46 Å². The maximum Gasteiger partial charge on any atom is 0.494 e. The monoisotopic (exact) mass is 720 g/mol.